The molecule has 0 saturated carbocycles. The van der Waals surface area contributed by atoms with E-state index < -0.39 is 0 Å². The van der Waals surface area contributed by atoms with Crippen molar-refractivity contribution in [3.63, 3.8) is 0 Å². The summed E-state index contributed by atoms with van der Waals surface area (Å²) in [6.07, 6.45) is 3.10. The van der Waals surface area contributed by atoms with Gasteiger partial charge in [0.25, 0.3) is 0 Å². The molecule has 0 spiro atoms. The molecule has 1 N–H and O–H groups in total. The Labute approximate surface area is 111 Å². The lowest BCUT2D eigenvalue weighted by molar-refractivity contribution is 0.417. The molecule has 0 aromatic carbocycles. The molecule has 96 valence electrons. The topological polar surface area (TPSA) is 39.1 Å². The number of hydrogen-bond acceptors (Lipinski definition) is 4. The normalized spacial score (nSPS) is 14.8. The fourth-order valence-corrected chi connectivity index (χ4v) is 3.09. The van der Waals surface area contributed by atoms with Crippen molar-refractivity contribution in [3.05, 3.63) is 17.3 Å². The highest BCUT2D eigenvalue weighted by molar-refractivity contribution is 7.98. The van der Waals surface area contributed by atoms with E-state index in [-0.39, 0.29) is 0 Å². The van der Waals surface area contributed by atoms with Crippen LogP contribution in [0.1, 0.15) is 11.3 Å². The molecule has 0 amide bonds. The fraction of sp³-hybridized carbons (Fsp3) is 0.462. The van der Waals surface area contributed by atoms with E-state index in [1.807, 2.05) is 12.3 Å². The summed E-state index contributed by atoms with van der Waals surface area (Å²) in [4.78, 5) is 4.72. The van der Waals surface area contributed by atoms with Crippen molar-refractivity contribution in [1.29, 1.82) is 0 Å². The lowest BCUT2D eigenvalue weighted by Crippen LogP contribution is -2.24. The van der Waals surface area contributed by atoms with Gasteiger partial charge in [-0.05, 0) is 6.26 Å². The first-order valence-electron chi connectivity index (χ1n) is 6.06. The molecule has 3 rings (SSSR count). The third-order valence-electron chi connectivity index (χ3n) is 3.58. The quantitative estimate of drug-likeness (QED) is 0.841. The molecule has 1 aliphatic heterocycles. The van der Waals surface area contributed by atoms with Crippen LogP contribution in [0.2, 0.25) is 0 Å². The summed E-state index contributed by atoms with van der Waals surface area (Å²) in [6.45, 7) is 1.94. The van der Waals surface area contributed by atoms with E-state index in [0.717, 1.165) is 35.9 Å². The van der Waals surface area contributed by atoms with Gasteiger partial charge in [0.05, 0.1) is 12.5 Å². The van der Waals surface area contributed by atoms with Crippen LogP contribution in [0, 0.1) is 0 Å². The molecule has 3 heterocycles. The van der Waals surface area contributed by atoms with Crippen molar-refractivity contribution in [2.45, 2.75) is 18.0 Å². The van der Waals surface area contributed by atoms with E-state index >= 15 is 0 Å². The van der Waals surface area contributed by atoms with Crippen LogP contribution in [-0.4, -0.2) is 29.5 Å². The van der Waals surface area contributed by atoms with Crippen LogP contribution in [0.15, 0.2) is 11.1 Å². The Morgan fingerprint density at radius 3 is 3.06 bits per heavy atom. The molecular formula is C13H17N3OS. The lowest BCUT2D eigenvalue weighted by Gasteiger charge is -2.14. The van der Waals surface area contributed by atoms with Gasteiger partial charge in [-0.25, -0.2) is 4.98 Å². The number of aryl methyl sites for hydroxylation is 1. The molecule has 5 heteroatoms. The van der Waals surface area contributed by atoms with Gasteiger partial charge in [-0.3, -0.25) is 0 Å². The molecule has 0 aliphatic carbocycles. The zero-order chi connectivity index (χ0) is 12.7. The molecule has 0 bridgehead atoms. The first kappa shape index (κ1) is 11.9. The highest BCUT2D eigenvalue weighted by Crippen LogP contribution is 2.35. The summed E-state index contributed by atoms with van der Waals surface area (Å²) in [5, 5.41) is 5.60. The maximum Gasteiger partial charge on any atom is 0.145 e. The number of ether oxygens (including phenoxy) is 1. The third kappa shape index (κ3) is 1.61. The van der Waals surface area contributed by atoms with E-state index in [1.54, 1.807) is 18.9 Å². The summed E-state index contributed by atoms with van der Waals surface area (Å²) < 4.78 is 7.77. The van der Waals surface area contributed by atoms with Crippen LogP contribution in [0.3, 0.4) is 0 Å². The van der Waals surface area contributed by atoms with Gasteiger partial charge in [0, 0.05) is 43.9 Å². The third-order valence-corrected chi connectivity index (χ3v) is 4.21. The molecule has 0 radical (unpaired) electrons. The Bertz CT molecular complexity index is 606. The molecular weight excluding hydrogens is 246 g/mol. The highest BCUT2D eigenvalue weighted by Gasteiger charge is 2.22. The minimum absolute atomic E-state index is 0.906. The monoisotopic (exact) mass is 263 g/mol. The number of methoxy groups -OCH3 is 1. The molecule has 1 aliphatic rings. The van der Waals surface area contributed by atoms with E-state index in [2.05, 4.69) is 16.9 Å². The van der Waals surface area contributed by atoms with Gasteiger partial charge in [-0.1, -0.05) is 0 Å². The van der Waals surface area contributed by atoms with Crippen LogP contribution < -0.4 is 10.1 Å². The number of nitrogens with one attached hydrogen (secondary N) is 1. The van der Waals surface area contributed by atoms with Crippen LogP contribution in [0.25, 0.3) is 11.0 Å². The maximum atomic E-state index is 5.55. The van der Waals surface area contributed by atoms with Crippen LogP contribution >= 0.6 is 11.8 Å². The molecule has 4 nitrogen and oxygen atoms in total. The first-order valence-corrected chi connectivity index (χ1v) is 7.28. The molecule has 2 aromatic rings. The Morgan fingerprint density at radius 1 is 1.50 bits per heavy atom. The van der Waals surface area contributed by atoms with E-state index in [9.17, 15) is 0 Å². The molecule has 0 fully saturated rings. The number of nitrogens with zero attached hydrogens (tertiary/aromatic N) is 2. The highest BCUT2D eigenvalue weighted by atomic mass is 32.2. The SMILES string of the molecule is COc1cc(SC)nc2c1c1c(n2C)CCNC1. The fourth-order valence-electron chi connectivity index (χ4n) is 2.68. The molecule has 0 unspecified atom stereocenters. The molecule has 0 atom stereocenters. The summed E-state index contributed by atoms with van der Waals surface area (Å²) >= 11 is 1.65. The minimum atomic E-state index is 0.906. The molecule has 2 aromatic heterocycles. The number of rotatable bonds is 2. The summed E-state index contributed by atoms with van der Waals surface area (Å²) in [5.74, 6) is 0.935. The van der Waals surface area contributed by atoms with E-state index in [0.29, 0.717) is 0 Å². The maximum absolute atomic E-state index is 5.55. The van der Waals surface area contributed by atoms with Crippen LogP contribution in [0.4, 0.5) is 0 Å². The number of pyridine rings is 1. The van der Waals surface area contributed by atoms with Crippen molar-refractivity contribution in [2.24, 2.45) is 7.05 Å². The summed E-state index contributed by atoms with van der Waals surface area (Å²) in [5.41, 5.74) is 3.76. The van der Waals surface area contributed by atoms with Gasteiger partial charge in [-0.15, -0.1) is 11.8 Å². The first-order chi connectivity index (χ1) is 8.76. The van der Waals surface area contributed by atoms with Crippen LogP contribution in [-0.2, 0) is 20.0 Å². The Morgan fingerprint density at radius 2 is 2.33 bits per heavy atom. The zero-order valence-corrected chi connectivity index (χ0v) is 11.7. The lowest BCUT2D eigenvalue weighted by atomic mass is 10.1. The van der Waals surface area contributed by atoms with Crippen molar-refractivity contribution in [2.75, 3.05) is 19.9 Å². The standard InChI is InChI=1S/C13H17N3OS/c1-16-9-4-5-14-7-8(9)12-10(17-2)6-11(18-3)15-13(12)16/h6,14H,4-5,7H2,1-3H3. The predicted octanol–water partition coefficient (Wildman–Crippen LogP) is 1.95. The number of aromatic nitrogens is 2. The minimum Gasteiger partial charge on any atom is -0.496 e. The van der Waals surface area contributed by atoms with Crippen molar-refractivity contribution >= 4 is 22.8 Å². The second-order valence-electron chi connectivity index (χ2n) is 4.48. The molecule has 18 heavy (non-hydrogen) atoms. The smallest absolute Gasteiger partial charge is 0.145 e. The van der Waals surface area contributed by atoms with Crippen molar-refractivity contribution in [3.8, 4) is 5.75 Å². The molecule has 0 saturated heterocycles. The van der Waals surface area contributed by atoms with Gasteiger partial charge in [0.1, 0.15) is 16.4 Å². The van der Waals surface area contributed by atoms with Crippen molar-refractivity contribution in [1.82, 2.24) is 14.9 Å². The van der Waals surface area contributed by atoms with E-state index in [1.165, 1.54) is 16.6 Å². The zero-order valence-electron chi connectivity index (χ0n) is 10.9. The van der Waals surface area contributed by atoms with Gasteiger partial charge < -0.3 is 14.6 Å². The average molecular weight is 263 g/mol. The summed E-state index contributed by atoms with van der Waals surface area (Å²) in [7, 11) is 3.83. The second-order valence-corrected chi connectivity index (χ2v) is 5.30. The van der Waals surface area contributed by atoms with E-state index in [4.69, 9.17) is 9.72 Å². The van der Waals surface area contributed by atoms with Gasteiger partial charge >= 0.3 is 0 Å². The van der Waals surface area contributed by atoms with Gasteiger partial charge in [0.15, 0.2) is 0 Å². The Balaban J connectivity index is 2.37. The number of fused-ring (bicyclic) bond motifs is 3. The summed E-state index contributed by atoms with van der Waals surface area (Å²) in [6, 6.07) is 2.03. The second kappa shape index (κ2) is 4.48. The van der Waals surface area contributed by atoms with Gasteiger partial charge in [-0.2, -0.15) is 0 Å². The Kier molecular flexibility index (Phi) is 2.95. The van der Waals surface area contributed by atoms with Crippen molar-refractivity contribution < 1.29 is 4.74 Å². The predicted molar refractivity (Wildman–Crippen MR) is 74.5 cm³/mol. The largest absolute Gasteiger partial charge is 0.496 e. The van der Waals surface area contributed by atoms with Crippen LogP contribution in [0.5, 0.6) is 5.75 Å². The number of thioether (sulfide) groups is 1. The average Bonchev–Trinajstić information content (AvgIpc) is 2.72. The van der Waals surface area contributed by atoms with Gasteiger partial charge in [0.2, 0.25) is 0 Å². The Hall–Kier alpha value is -1.20. The number of hydrogen-bond donors (Lipinski definition) is 1.